The average Bonchev–Trinajstić information content (AvgIpc) is 3.14. The lowest BCUT2D eigenvalue weighted by Crippen LogP contribution is -2.23. The number of fused-ring (bicyclic) bond motifs is 1. The van der Waals surface area contributed by atoms with E-state index in [1.54, 1.807) is 16.8 Å². The van der Waals surface area contributed by atoms with Crippen LogP contribution >= 0.6 is 11.6 Å². The minimum atomic E-state index is -0.298. The van der Waals surface area contributed by atoms with Gasteiger partial charge in [-0.25, -0.2) is 13.9 Å². The first-order valence-electron chi connectivity index (χ1n) is 7.24. The minimum Gasteiger partial charge on any atom is -0.349 e. The van der Waals surface area contributed by atoms with E-state index < -0.39 is 0 Å². The van der Waals surface area contributed by atoms with Gasteiger partial charge in [0.2, 0.25) is 0 Å². The fourth-order valence-electron chi connectivity index (χ4n) is 3.12. The van der Waals surface area contributed by atoms with Gasteiger partial charge in [-0.3, -0.25) is 0 Å². The van der Waals surface area contributed by atoms with Crippen molar-refractivity contribution in [2.75, 3.05) is 11.4 Å². The second-order valence-corrected chi connectivity index (χ2v) is 5.91. The van der Waals surface area contributed by atoms with Crippen LogP contribution in [0, 0.1) is 5.82 Å². The molecule has 1 fully saturated rings. The molecule has 1 aromatic carbocycles. The fourth-order valence-corrected chi connectivity index (χ4v) is 3.35. The standard InChI is InChI=1S/C16H14ClFN4/c17-12-8-11(9-13(18)10-12)14-2-1-6-21(14)15-4-7-22-16(20-15)3-5-19-22/h3-5,7-10,14H,1-2,6H2/t14-/m1/s1. The van der Waals surface area contributed by atoms with Crippen molar-refractivity contribution in [2.24, 2.45) is 0 Å². The lowest BCUT2D eigenvalue weighted by molar-refractivity contribution is 0.618. The molecule has 1 aliphatic heterocycles. The molecule has 0 spiro atoms. The molecule has 3 aromatic rings. The van der Waals surface area contributed by atoms with Crippen LogP contribution in [0.1, 0.15) is 24.4 Å². The summed E-state index contributed by atoms with van der Waals surface area (Å²) in [5.74, 6) is 0.587. The maximum absolute atomic E-state index is 13.6. The SMILES string of the molecule is Fc1cc(Cl)cc([C@H]2CCCN2c2ccn3nccc3n2)c1. The van der Waals surface area contributed by atoms with E-state index in [9.17, 15) is 4.39 Å². The molecule has 0 N–H and O–H groups in total. The third kappa shape index (κ3) is 2.31. The summed E-state index contributed by atoms with van der Waals surface area (Å²) in [6, 6.07) is 8.65. The second kappa shape index (κ2) is 5.25. The highest BCUT2D eigenvalue weighted by atomic mass is 35.5. The van der Waals surface area contributed by atoms with Crippen molar-refractivity contribution in [1.82, 2.24) is 14.6 Å². The van der Waals surface area contributed by atoms with Crippen molar-refractivity contribution in [3.63, 3.8) is 0 Å². The molecule has 0 unspecified atom stereocenters. The number of benzene rings is 1. The Morgan fingerprint density at radius 3 is 3.00 bits per heavy atom. The van der Waals surface area contributed by atoms with Crippen LogP contribution in [0.15, 0.2) is 42.7 Å². The number of halogens is 2. The second-order valence-electron chi connectivity index (χ2n) is 5.47. The Morgan fingerprint density at radius 1 is 1.23 bits per heavy atom. The number of hydrogen-bond donors (Lipinski definition) is 0. The van der Waals surface area contributed by atoms with E-state index in [0.717, 1.165) is 36.4 Å². The van der Waals surface area contributed by atoms with Crippen LogP contribution in [-0.2, 0) is 0 Å². The van der Waals surface area contributed by atoms with Gasteiger partial charge in [-0.2, -0.15) is 5.10 Å². The number of hydrogen-bond acceptors (Lipinski definition) is 3. The molecular formula is C16H14ClFN4. The van der Waals surface area contributed by atoms with Crippen molar-refractivity contribution in [2.45, 2.75) is 18.9 Å². The topological polar surface area (TPSA) is 33.4 Å². The van der Waals surface area contributed by atoms with E-state index >= 15 is 0 Å². The smallest absolute Gasteiger partial charge is 0.157 e. The molecule has 112 valence electrons. The Kier molecular flexibility index (Phi) is 3.22. The zero-order valence-electron chi connectivity index (χ0n) is 11.8. The summed E-state index contributed by atoms with van der Waals surface area (Å²) in [6.45, 7) is 0.899. The predicted molar refractivity (Wildman–Crippen MR) is 83.7 cm³/mol. The average molecular weight is 317 g/mol. The highest BCUT2D eigenvalue weighted by molar-refractivity contribution is 6.30. The first-order chi connectivity index (χ1) is 10.7. The summed E-state index contributed by atoms with van der Waals surface area (Å²) in [7, 11) is 0. The Hall–Kier alpha value is -2.14. The fraction of sp³-hybridized carbons (Fsp3) is 0.250. The van der Waals surface area contributed by atoms with Gasteiger partial charge in [0.05, 0.1) is 12.2 Å². The molecule has 1 aliphatic rings. The zero-order chi connectivity index (χ0) is 15.1. The van der Waals surface area contributed by atoms with Crippen LogP contribution in [0.25, 0.3) is 5.65 Å². The normalized spacial score (nSPS) is 18.3. The van der Waals surface area contributed by atoms with Gasteiger partial charge in [-0.05, 0) is 42.7 Å². The Labute approximate surface area is 132 Å². The number of rotatable bonds is 2. The molecule has 4 nitrogen and oxygen atoms in total. The maximum atomic E-state index is 13.6. The van der Waals surface area contributed by atoms with Gasteiger partial charge in [0, 0.05) is 23.8 Å². The monoisotopic (exact) mass is 316 g/mol. The van der Waals surface area contributed by atoms with Crippen LogP contribution in [0.2, 0.25) is 5.02 Å². The molecule has 2 aromatic heterocycles. The molecule has 3 heterocycles. The molecule has 4 rings (SSSR count). The van der Waals surface area contributed by atoms with Gasteiger partial charge in [0.15, 0.2) is 5.65 Å². The summed E-state index contributed by atoms with van der Waals surface area (Å²) in [5.41, 5.74) is 1.71. The van der Waals surface area contributed by atoms with Crippen molar-refractivity contribution in [1.29, 1.82) is 0 Å². The summed E-state index contributed by atoms with van der Waals surface area (Å²) in [6.07, 6.45) is 5.63. The lowest BCUT2D eigenvalue weighted by atomic mass is 10.0. The maximum Gasteiger partial charge on any atom is 0.157 e. The van der Waals surface area contributed by atoms with Gasteiger partial charge in [-0.1, -0.05) is 11.6 Å². The summed E-state index contributed by atoms with van der Waals surface area (Å²) in [5, 5.41) is 4.59. The minimum absolute atomic E-state index is 0.103. The molecule has 1 atom stereocenters. The van der Waals surface area contributed by atoms with E-state index in [4.69, 9.17) is 11.6 Å². The van der Waals surface area contributed by atoms with Crippen molar-refractivity contribution < 1.29 is 4.39 Å². The van der Waals surface area contributed by atoms with Crippen LogP contribution in [0.4, 0.5) is 10.2 Å². The van der Waals surface area contributed by atoms with Gasteiger partial charge in [-0.15, -0.1) is 0 Å². The number of nitrogens with zero attached hydrogens (tertiary/aromatic N) is 4. The highest BCUT2D eigenvalue weighted by Gasteiger charge is 2.28. The summed E-state index contributed by atoms with van der Waals surface area (Å²) < 4.78 is 15.4. The number of anilines is 1. The molecule has 1 saturated heterocycles. The van der Waals surface area contributed by atoms with Gasteiger partial charge in [0.25, 0.3) is 0 Å². The van der Waals surface area contributed by atoms with Crippen molar-refractivity contribution >= 4 is 23.1 Å². The molecule has 0 radical (unpaired) electrons. The first-order valence-corrected chi connectivity index (χ1v) is 7.61. The lowest BCUT2D eigenvalue weighted by Gasteiger charge is -2.26. The van der Waals surface area contributed by atoms with Crippen LogP contribution in [0.3, 0.4) is 0 Å². The quantitative estimate of drug-likeness (QED) is 0.719. The van der Waals surface area contributed by atoms with Gasteiger partial charge < -0.3 is 4.90 Å². The van der Waals surface area contributed by atoms with Crippen LogP contribution in [0.5, 0.6) is 0 Å². The highest BCUT2D eigenvalue weighted by Crippen LogP contribution is 2.36. The van der Waals surface area contributed by atoms with E-state index in [1.807, 2.05) is 24.4 Å². The molecule has 0 aliphatic carbocycles. The summed E-state index contributed by atoms with van der Waals surface area (Å²) >= 11 is 6.00. The Balaban J connectivity index is 1.73. The molecular weight excluding hydrogens is 303 g/mol. The molecule has 0 amide bonds. The molecule has 0 saturated carbocycles. The molecule has 22 heavy (non-hydrogen) atoms. The van der Waals surface area contributed by atoms with Crippen molar-refractivity contribution in [3.05, 3.63) is 59.1 Å². The summed E-state index contributed by atoms with van der Waals surface area (Å²) in [4.78, 5) is 6.84. The largest absolute Gasteiger partial charge is 0.349 e. The number of aromatic nitrogens is 3. The van der Waals surface area contributed by atoms with E-state index in [1.165, 1.54) is 6.07 Å². The predicted octanol–water partition coefficient (Wildman–Crippen LogP) is 3.86. The van der Waals surface area contributed by atoms with Crippen molar-refractivity contribution in [3.8, 4) is 0 Å². The third-order valence-corrected chi connectivity index (χ3v) is 4.28. The van der Waals surface area contributed by atoms with Crippen LogP contribution < -0.4 is 4.90 Å². The third-order valence-electron chi connectivity index (χ3n) is 4.06. The Morgan fingerprint density at radius 2 is 2.14 bits per heavy atom. The molecule has 0 bridgehead atoms. The van der Waals surface area contributed by atoms with Gasteiger partial charge in [0.1, 0.15) is 11.6 Å². The van der Waals surface area contributed by atoms with E-state index in [2.05, 4.69) is 15.0 Å². The first kappa shape index (κ1) is 13.5. The van der Waals surface area contributed by atoms with Crippen LogP contribution in [-0.4, -0.2) is 21.1 Å². The van der Waals surface area contributed by atoms with Gasteiger partial charge >= 0.3 is 0 Å². The van der Waals surface area contributed by atoms with E-state index in [0.29, 0.717) is 5.02 Å². The van der Waals surface area contributed by atoms with E-state index in [-0.39, 0.29) is 11.9 Å². The Bertz CT molecular complexity index is 812. The molecule has 6 heteroatoms. The zero-order valence-corrected chi connectivity index (χ0v) is 12.5.